The van der Waals surface area contributed by atoms with E-state index < -0.39 is 18.1 Å². The molecule has 0 saturated heterocycles. The van der Waals surface area contributed by atoms with Gasteiger partial charge in [0.2, 0.25) is 0 Å². The lowest BCUT2D eigenvalue weighted by Gasteiger charge is -2.12. The second-order valence-corrected chi connectivity index (χ2v) is 3.44. The van der Waals surface area contributed by atoms with E-state index in [0.29, 0.717) is 0 Å². The van der Waals surface area contributed by atoms with E-state index in [1.54, 1.807) is 6.08 Å². The number of aliphatic carboxylic acids is 1. The molecule has 0 aromatic carbocycles. The molecule has 0 radical (unpaired) electrons. The van der Waals surface area contributed by atoms with Crippen LogP contribution in [0.4, 0.5) is 4.79 Å². The van der Waals surface area contributed by atoms with E-state index in [1.807, 2.05) is 13.8 Å². The summed E-state index contributed by atoms with van der Waals surface area (Å²) in [4.78, 5) is 21.9. The SMILES string of the molecule is C=CCOC(=O)NC(CC=C(C)C)C(=O)O. The highest BCUT2D eigenvalue weighted by molar-refractivity contribution is 5.80. The molecule has 0 spiro atoms. The Morgan fingerprint density at radius 2 is 2.12 bits per heavy atom. The number of hydrogen-bond donors (Lipinski definition) is 2. The molecule has 1 atom stereocenters. The van der Waals surface area contributed by atoms with Gasteiger partial charge >= 0.3 is 12.1 Å². The highest BCUT2D eigenvalue weighted by Crippen LogP contribution is 1.99. The predicted molar refractivity (Wildman–Crippen MR) is 60.2 cm³/mol. The number of carboxylic acids is 1. The van der Waals surface area contributed by atoms with Crippen molar-refractivity contribution in [2.75, 3.05) is 6.61 Å². The fourth-order valence-corrected chi connectivity index (χ4v) is 0.894. The molecule has 0 heterocycles. The molecule has 0 fully saturated rings. The summed E-state index contributed by atoms with van der Waals surface area (Å²) in [6.07, 6.45) is 2.63. The molecule has 1 unspecified atom stereocenters. The predicted octanol–water partition coefficient (Wildman–Crippen LogP) is 1.71. The van der Waals surface area contributed by atoms with Crippen molar-refractivity contribution in [3.63, 3.8) is 0 Å². The average Bonchev–Trinajstić information content (AvgIpc) is 2.20. The number of nitrogens with one attached hydrogen (secondary N) is 1. The van der Waals surface area contributed by atoms with Gasteiger partial charge in [-0.25, -0.2) is 9.59 Å². The molecule has 1 amide bonds. The van der Waals surface area contributed by atoms with Crippen LogP contribution >= 0.6 is 0 Å². The number of carbonyl (C=O) groups excluding carboxylic acids is 1. The Kier molecular flexibility index (Phi) is 6.67. The van der Waals surface area contributed by atoms with Crippen molar-refractivity contribution in [2.45, 2.75) is 26.3 Å². The van der Waals surface area contributed by atoms with E-state index in [1.165, 1.54) is 6.08 Å². The minimum Gasteiger partial charge on any atom is -0.480 e. The molecule has 0 aliphatic rings. The lowest BCUT2D eigenvalue weighted by Crippen LogP contribution is -2.40. The molecule has 0 aliphatic heterocycles. The first-order valence-electron chi connectivity index (χ1n) is 4.87. The number of allylic oxidation sites excluding steroid dienone is 1. The third-order valence-electron chi connectivity index (χ3n) is 1.68. The zero-order chi connectivity index (χ0) is 12.6. The van der Waals surface area contributed by atoms with Crippen LogP contribution in [0.1, 0.15) is 20.3 Å². The number of alkyl carbamates (subject to hydrolysis) is 1. The van der Waals surface area contributed by atoms with Gasteiger partial charge in [0.1, 0.15) is 12.6 Å². The summed E-state index contributed by atoms with van der Waals surface area (Å²) in [5.74, 6) is -1.09. The number of hydrogen-bond acceptors (Lipinski definition) is 3. The smallest absolute Gasteiger partial charge is 0.408 e. The molecule has 0 rings (SSSR count). The van der Waals surface area contributed by atoms with Crippen LogP contribution in [0, 0.1) is 0 Å². The summed E-state index contributed by atoms with van der Waals surface area (Å²) in [5.41, 5.74) is 0.993. The number of amides is 1. The minimum atomic E-state index is -1.09. The average molecular weight is 227 g/mol. The van der Waals surface area contributed by atoms with E-state index in [9.17, 15) is 9.59 Å². The first-order valence-corrected chi connectivity index (χ1v) is 4.87. The topological polar surface area (TPSA) is 75.6 Å². The van der Waals surface area contributed by atoms with Crippen LogP contribution in [0.15, 0.2) is 24.3 Å². The lowest BCUT2D eigenvalue weighted by molar-refractivity contribution is -0.139. The Morgan fingerprint density at radius 3 is 2.56 bits per heavy atom. The molecule has 0 saturated carbocycles. The van der Waals surface area contributed by atoms with Crippen LogP contribution in [0.5, 0.6) is 0 Å². The lowest BCUT2D eigenvalue weighted by atomic mass is 10.1. The van der Waals surface area contributed by atoms with E-state index >= 15 is 0 Å². The quantitative estimate of drug-likeness (QED) is 0.677. The van der Waals surface area contributed by atoms with Crippen molar-refractivity contribution in [2.24, 2.45) is 0 Å². The number of ether oxygens (including phenoxy) is 1. The molecule has 5 nitrogen and oxygen atoms in total. The summed E-state index contributed by atoms with van der Waals surface area (Å²) >= 11 is 0. The first-order chi connectivity index (χ1) is 7.47. The first kappa shape index (κ1) is 14.2. The Morgan fingerprint density at radius 1 is 1.50 bits per heavy atom. The zero-order valence-electron chi connectivity index (χ0n) is 9.53. The van der Waals surface area contributed by atoms with Crippen LogP contribution < -0.4 is 5.32 Å². The van der Waals surface area contributed by atoms with Crippen LogP contribution in [0.3, 0.4) is 0 Å². The highest BCUT2D eigenvalue weighted by atomic mass is 16.5. The van der Waals surface area contributed by atoms with Crippen molar-refractivity contribution in [1.29, 1.82) is 0 Å². The van der Waals surface area contributed by atoms with Crippen molar-refractivity contribution in [3.05, 3.63) is 24.3 Å². The van der Waals surface area contributed by atoms with Crippen molar-refractivity contribution in [3.8, 4) is 0 Å². The zero-order valence-corrected chi connectivity index (χ0v) is 9.53. The number of rotatable bonds is 6. The Balaban J connectivity index is 4.23. The second kappa shape index (κ2) is 7.50. The van der Waals surface area contributed by atoms with Gasteiger partial charge in [-0.15, -0.1) is 0 Å². The van der Waals surface area contributed by atoms with E-state index in [2.05, 4.69) is 16.6 Å². The van der Waals surface area contributed by atoms with E-state index in [0.717, 1.165) is 5.57 Å². The van der Waals surface area contributed by atoms with Gasteiger partial charge in [0.15, 0.2) is 0 Å². The van der Waals surface area contributed by atoms with Crippen LogP contribution in [0.2, 0.25) is 0 Å². The summed E-state index contributed by atoms with van der Waals surface area (Å²) in [6.45, 7) is 7.14. The largest absolute Gasteiger partial charge is 0.480 e. The van der Waals surface area contributed by atoms with Gasteiger partial charge in [-0.3, -0.25) is 0 Å². The standard InChI is InChI=1S/C11H17NO4/c1-4-7-16-11(15)12-9(10(13)14)6-5-8(2)3/h4-5,9H,1,6-7H2,2-3H3,(H,12,15)(H,13,14). The molecular weight excluding hydrogens is 210 g/mol. The van der Waals surface area contributed by atoms with E-state index in [4.69, 9.17) is 5.11 Å². The fraction of sp³-hybridized carbons (Fsp3) is 0.455. The molecule has 5 heteroatoms. The Labute approximate surface area is 94.8 Å². The van der Waals surface area contributed by atoms with Crippen molar-refractivity contribution in [1.82, 2.24) is 5.32 Å². The van der Waals surface area contributed by atoms with Crippen LogP contribution in [-0.2, 0) is 9.53 Å². The number of carbonyl (C=O) groups is 2. The molecular formula is C11H17NO4. The Hall–Kier alpha value is -1.78. The summed E-state index contributed by atoms with van der Waals surface area (Å²) in [5, 5.41) is 11.1. The van der Waals surface area contributed by atoms with E-state index in [-0.39, 0.29) is 13.0 Å². The fourth-order valence-electron chi connectivity index (χ4n) is 0.894. The molecule has 0 aromatic rings. The van der Waals surface area contributed by atoms with Gasteiger partial charge in [0, 0.05) is 0 Å². The maximum Gasteiger partial charge on any atom is 0.408 e. The monoisotopic (exact) mass is 227 g/mol. The summed E-state index contributed by atoms with van der Waals surface area (Å²) in [7, 11) is 0. The summed E-state index contributed by atoms with van der Waals surface area (Å²) in [6, 6.07) is -0.966. The molecule has 0 aromatic heterocycles. The molecule has 90 valence electrons. The van der Waals surface area contributed by atoms with Crippen LogP contribution in [0.25, 0.3) is 0 Å². The second-order valence-electron chi connectivity index (χ2n) is 3.44. The maximum absolute atomic E-state index is 11.1. The third kappa shape index (κ3) is 6.64. The Bertz CT molecular complexity index is 292. The summed E-state index contributed by atoms with van der Waals surface area (Å²) < 4.78 is 4.63. The van der Waals surface area contributed by atoms with Gasteiger partial charge in [0.25, 0.3) is 0 Å². The van der Waals surface area contributed by atoms with Gasteiger partial charge in [0.05, 0.1) is 0 Å². The van der Waals surface area contributed by atoms with Gasteiger partial charge in [-0.05, 0) is 20.3 Å². The minimum absolute atomic E-state index is 0.0564. The van der Waals surface area contributed by atoms with Gasteiger partial charge in [-0.2, -0.15) is 0 Å². The van der Waals surface area contributed by atoms with Gasteiger partial charge in [-0.1, -0.05) is 24.3 Å². The highest BCUT2D eigenvalue weighted by Gasteiger charge is 2.18. The van der Waals surface area contributed by atoms with Crippen molar-refractivity contribution >= 4 is 12.1 Å². The normalized spacial score (nSPS) is 11.1. The third-order valence-corrected chi connectivity index (χ3v) is 1.68. The number of carboxylic acid groups (broad SMARTS) is 1. The molecule has 0 bridgehead atoms. The van der Waals surface area contributed by atoms with Gasteiger partial charge < -0.3 is 15.2 Å². The molecule has 16 heavy (non-hydrogen) atoms. The molecule has 0 aliphatic carbocycles. The maximum atomic E-state index is 11.1. The van der Waals surface area contributed by atoms with Crippen molar-refractivity contribution < 1.29 is 19.4 Å². The van der Waals surface area contributed by atoms with Crippen LogP contribution in [-0.4, -0.2) is 29.8 Å². The molecule has 2 N–H and O–H groups in total.